The summed E-state index contributed by atoms with van der Waals surface area (Å²) in [6.07, 6.45) is 0. The average Bonchev–Trinajstić information content (AvgIpc) is 2.18. The van der Waals surface area contributed by atoms with Crippen LogP contribution < -0.4 is 11.4 Å². The molecule has 0 aromatic carbocycles. The van der Waals surface area contributed by atoms with Gasteiger partial charge in [0.1, 0.15) is 5.52 Å². The van der Waals surface area contributed by atoms with E-state index in [1.807, 2.05) is 13.8 Å². The highest BCUT2D eigenvalue weighted by Crippen LogP contribution is 2.13. The van der Waals surface area contributed by atoms with Crippen LogP contribution in [0.5, 0.6) is 0 Å². The van der Waals surface area contributed by atoms with Crippen LogP contribution in [0.1, 0.15) is 11.4 Å². The van der Waals surface area contributed by atoms with Crippen LogP contribution in [0.3, 0.4) is 0 Å². The Morgan fingerprint density at radius 2 is 1.73 bits per heavy atom. The van der Waals surface area contributed by atoms with Crippen molar-refractivity contribution in [2.45, 2.75) is 13.8 Å². The van der Waals surface area contributed by atoms with Crippen molar-refractivity contribution in [2.75, 3.05) is 5.73 Å². The third-order valence-corrected chi connectivity index (χ3v) is 2.35. The fraction of sp³-hybridized carbons (Fsp3) is 0.333. The molecule has 2 rings (SSSR count). The van der Waals surface area contributed by atoms with Crippen LogP contribution in [-0.4, -0.2) is 19.5 Å². The van der Waals surface area contributed by atoms with Crippen molar-refractivity contribution < 1.29 is 0 Å². The summed E-state index contributed by atoms with van der Waals surface area (Å²) < 4.78 is 1.34. The van der Waals surface area contributed by atoms with Gasteiger partial charge in [-0.05, 0) is 13.8 Å². The lowest BCUT2D eigenvalue weighted by Gasteiger charge is -2.06. The lowest BCUT2D eigenvalue weighted by atomic mass is 10.3. The molecule has 0 amide bonds. The Bertz CT molecular complexity index is 601. The van der Waals surface area contributed by atoms with E-state index in [1.165, 1.54) is 4.57 Å². The number of hydrogen-bond donors (Lipinski definition) is 1. The monoisotopic (exact) mass is 205 g/mol. The highest BCUT2D eigenvalue weighted by Gasteiger charge is 2.09. The van der Waals surface area contributed by atoms with Gasteiger partial charge in [0.2, 0.25) is 0 Å². The zero-order valence-corrected chi connectivity index (χ0v) is 8.77. The minimum absolute atomic E-state index is 0.128. The number of nitrogens with zero attached hydrogens (tertiary/aromatic N) is 4. The van der Waals surface area contributed by atoms with Gasteiger partial charge >= 0.3 is 5.69 Å². The minimum atomic E-state index is -0.419. The van der Waals surface area contributed by atoms with Crippen LogP contribution in [0.15, 0.2) is 4.79 Å². The van der Waals surface area contributed by atoms with Crippen LogP contribution in [0.25, 0.3) is 11.2 Å². The van der Waals surface area contributed by atoms with E-state index in [2.05, 4.69) is 15.0 Å². The average molecular weight is 205 g/mol. The van der Waals surface area contributed by atoms with E-state index in [1.54, 1.807) is 7.05 Å². The van der Waals surface area contributed by atoms with Gasteiger partial charge in [0.25, 0.3) is 0 Å². The van der Waals surface area contributed by atoms with Crippen molar-refractivity contribution in [2.24, 2.45) is 7.05 Å². The molecule has 2 N–H and O–H groups in total. The van der Waals surface area contributed by atoms with E-state index in [0.717, 1.165) is 11.4 Å². The van der Waals surface area contributed by atoms with Crippen molar-refractivity contribution in [3.63, 3.8) is 0 Å². The quantitative estimate of drug-likeness (QED) is 0.650. The van der Waals surface area contributed by atoms with Gasteiger partial charge < -0.3 is 5.73 Å². The topological polar surface area (TPSA) is 86.7 Å². The van der Waals surface area contributed by atoms with Crippen LogP contribution in [-0.2, 0) is 7.05 Å². The van der Waals surface area contributed by atoms with E-state index in [9.17, 15) is 4.79 Å². The fourth-order valence-corrected chi connectivity index (χ4v) is 1.32. The van der Waals surface area contributed by atoms with Gasteiger partial charge in [0.05, 0.1) is 11.4 Å². The summed E-state index contributed by atoms with van der Waals surface area (Å²) in [5, 5.41) is 0. The minimum Gasteiger partial charge on any atom is -0.382 e. The van der Waals surface area contributed by atoms with E-state index in [-0.39, 0.29) is 5.82 Å². The Hall–Kier alpha value is -1.98. The molecule has 0 fully saturated rings. The van der Waals surface area contributed by atoms with Gasteiger partial charge in [0, 0.05) is 7.05 Å². The number of rotatable bonds is 0. The molecule has 0 aliphatic rings. The summed E-state index contributed by atoms with van der Waals surface area (Å²) in [7, 11) is 1.60. The van der Waals surface area contributed by atoms with E-state index >= 15 is 0 Å². The molecule has 0 radical (unpaired) electrons. The number of nitrogen functional groups attached to an aromatic ring is 1. The molecule has 0 atom stereocenters. The molecule has 2 heterocycles. The van der Waals surface area contributed by atoms with Crippen molar-refractivity contribution in [1.82, 2.24) is 19.5 Å². The van der Waals surface area contributed by atoms with Crippen molar-refractivity contribution >= 4 is 17.0 Å². The normalized spacial score (nSPS) is 10.9. The molecule has 0 unspecified atom stereocenters. The van der Waals surface area contributed by atoms with Gasteiger partial charge in [-0.2, -0.15) is 4.98 Å². The zero-order valence-electron chi connectivity index (χ0n) is 8.77. The first-order chi connectivity index (χ1) is 7.00. The van der Waals surface area contributed by atoms with Crippen LogP contribution in [0.4, 0.5) is 5.82 Å². The first-order valence-electron chi connectivity index (χ1n) is 4.48. The standard InChI is InChI=1S/C9H11N5O/c1-4-5(2)12-8-6(11-4)7(10)13-9(15)14(8)3/h1-3H3,(H2,10,13,15). The van der Waals surface area contributed by atoms with Crippen LogP contribution >= 0.6 is 0 Å². The molecular formula is C9H11N5O. The summed E-state index contributed by atoms with van der Waals surface area (Å²) in [6.45, 7) is 3.68. The molecule has 6 nitrogen and oxygen atoms in total. The second-order valence-corrected chi connectivity index (χ2v) is 3.41. The maximum Gasteiger partial charge on any atom is 0.351 e. The number of hydrogen-bond acceptors (Lipinski definition) is 5. The molecule has 15 heavy (non-hydrogen) atoms. The van der Waals surface area contributed by atoms with Crippen LogP contribution in [0.2, 0.25) is 0 Å². The Morgan fingerprint density at radius 3 is 2.40 bits per heavy atom. The number of aryl methyl sites for hydroxylation is 3. The second kappa shape index (κ2) is 3.01. The van der Waals surface area contributed by atoms with E-state index < -0.39 is 5.69 Å². The third-order valence-electron chi connectivity index (χ3n) is 2.35. The molecule has 78 valence electrons. The zero-order chi connectivity index (χ0) is 11.2. The van der Waals surface area contributed by atoms with Gasteiger partial charge in [0.15, 0.2) is 11.5 Å². The Labute approximate surface area is 85.8 Å². The first-order valence-corrected chi connectivity index (χ1v) is 4.48. The van der Waals surface area contributed by atoms with Gasteiger partial charge in [-0.1, -0.05) is 0 Å². The summed E-state index contributed by atoms with van der Waals surface area (Å²) in [5.74, 6) is 0.128. The van der Waals surface area contributed by atoms with Gasteiger partial charge in [-0.3, -0.25) is 4.57 Å². The first kappa shape index (κ1) is 9.57. The molecule has 0 aliphatic heterocycles. The molecule has 0 bridgehead atoms. The summed E-state index contributed by atoms with van der Waals surface area (Å²) in [5.41, 5.74) is 7.71. The predicted molar refractivity (Wildman–Crippen MR) is 56.5 cm³/mol. The molecular weight excluding hydrogens is 194 g/mol. The molecule has 0 spiro atoms. The fourth-order valence-electron chi connectivity index (χ4n) is 1.32. The largest absolute Gasteiger partial charge is 0.382 e. The molecule has 2 aromatic rings. The Balaban J connectivity index is 3.04. The van der Waals surface area contributed by atoms with E-state index in [0.29, 0.717) is 11.2 Å². The van der Waals surface area contributed by atoms with E-state index in [4.69, 9.17) is 5.73 Å². The lowest BCUT2D eigenvalue weighted by Crippen LogP contribution is -2.23. The van der Waals surface area contributed by atoms with Crippen molar-refractivity contribution in [1.29, 1.82) is 0 Å². The maximum atomic E-state index is 11.4. The van der Waals surface area contributed by atoms with Crippen molar-refractivity contribution in [3.8, 4) is 0 Å². The molecule has 0 aliphatic carbocycles. The lowest BCUT2D eigenvalue weighted by molar-refractivity contribution is 0.831. The maximum absolute atomic E-state index is 11.4. The molecule has 0 saturated heterocycles. The highest BCUT2D eigenvalue weighted by atomic mass is 16.1. The number of nitrogens with two attached hydrogens (primary N) is 1. The summed E-state index contributed by atoms with van der Waals surface area (Å²) in [4.78, 5) is 23.6. The highest BCUT2D eigenvalue weighted by molar-refractivity contribution is 5.81. The smallest absolute Gasteiger partial charge is 0.351 e. The predicted octanol–water partition coefficient (Wildman–Crippen LogP) is -0.0775. The third kappa shape index (κ3) is 1.34. The number of fused-ring (bicyclic) bond motifs is 1. The molecule has 0 saturated carbocycles. The second-order valence-electron chi connectivity index (χ2n) is 3.41. The van der Waals surface area contributed by atoms with Crippen LogP contribution in [0, 0.1) is 13.8 Å². The van der Waals surface area contributed by atoms with Gasteiger partial charge in [-0.15, -0.1) is 0 Å². The number of aromatic nitrogens is 4. The molecule has 2 aromatic heterocycles. The summed E-state index contributed by atoms with van der Waals surface area (Å²) in [6, 6.07) is 0. The van der Waals surface area contributed by atoms with Gasteiger partial charge in [-0.25, -0.2) is 14.8 Å². The SMILES string of the molecule is Cc1nc2c(N)nc(=O)n(C)c2nc1C. The Kier molecular flexibility index (Phi) is 1.92. The summed E-state index contributed by atoms with van der Waals surface area (Å²) >= 11 is 0. The van der Waals surface area contributed by atoms with Crippen molar-refractivity contribution in [3.05, 3.63) is 21.9 Å². The number of anilines is 1. The Morgan fingerprint density at radius 1 is 1.13 bits per heavy atom. The molecule has 6 heteroatoms.